The van der Waals surface area contributed by atoms with Crippen LogP contribution in [0.1, 0.15) is 56.8 Å². The van der Waals surface area contributed by atoms with E-state index in [4.69, 9.17) is 9.47 Å². The molecule has 0 spiro atoms. The van der Waals surface area contributed by atoms with Crippen LogP contribution in [0.4, 0.5) is 0 Å². The predicted octanol–water partition coefficient (Wildman–Crippen LogP) is 5.45. The summed E-state index contributed by atoms with van der Waals surface area (Å²) in [6, 6.07) is 17.8. The minimum Gasteiger partial charge on any atom is -0.489 e. The summed E-state index contributed by atoms with van der Waals surface area (Å²) < 4.78 is 11.2. The van der Waals surface area contributed by atoms with Crippen molar-refractivity contribution in [1.82, 2.24) is 0 Å². The standard InChI is InChI=1S/C21H26O3/c1-3-4-6-11-21(22)24-17(2)19-12-14-20(15-13-19)23-16-18-9-7-5-8-10-18/h5,7-10,12-15,17H,3-4,6,11,16H2,1-2H3. The van der Waals surface area contributed by atoms with Gasteiger partial charge in [-0.15, -0.1) is 0 Å². The van der Waals surface area contributed by atoms with Gasteiger partial charge in [-0.25, -0.2) is 0 Å². The number of carbonyl (C=O) groups is 1. The normalized spacial score (nSPS) is 11.8. The second-order valence-electron chi connectivity index (χ2n) is 5.93. The maximum Gasteiger partial charge on any atom is 0.306 e. The van der Waals surface area contributed by atoms with Crippen molar-refractivity contribution in [2.45, 2.75) is 52.2 Å². The molecule has 0 fully saturated rings. The van der Waals surface area contributed by atoms with Crippen LogP contribution < -0.4 is 4.74 Å². The molecule has 24 heavy (non-hydrogen) atoms. The van der Waals surface area contributed by atoms with E-state index in [0.29, 0.717) is 13.0 Å². The Bertz CT molecular complexity index is 605. The Kier molecular flexibility index (Phi) is 7.34. The molecule has 0 bridgehead atoms. The molecule has 3 heteroatoms. The van der Waals surface area contributed by atoms with E-state index in [0.717, 1.165) is 36.1 Å². The van der Waals surface area contributed by atoms with E-state index in [1.165, 1.54) is 0 Å². The molecule has 0 aliphatic carbocycles. The Labute approximate surface area is 144 Å². The second kappa shape index (κ2) is 9.76. The van der Waals surface area contributed by atoms with Gasteiger partial charge in [0.2, 0.25) is 0 Å². The van der Waals surface area contributed by atoms with Crippen LogP contribution in [0, 0.1) is 0 Å². The lowest BCUT2D eigenvalue weighted by Gasteiger charge is -2.14. The lowest BCUT2D eigenvalue weighted by molar-refractivity contribution is -0.148. The molecule has 2 rings (SSSR count). The zero-order chi connectivity index (χ0) is 17.2. The van der Waals surface area contributed by atoms with Gasteiger partial charge in [-0.3, -0.25) is 4.79 Å². The fourth-order valence-electron chi connectivity index (χ4n) is 2.42. The third-order valence-electron chi connectivity index (χ3n) is 3.89. The molecule has 128 valence electrons. The van der Waals surface area contributed by atoms with Crippen molar-refractivity contribution >= 4 is 5.97 Å². The molecular formula is C21H26O3. The highest BCUT2D eigenvalue weighted by molar-refractivity contribution is 5.69. The zero-order valence-electron chi connectivity index (χ0n) is 14.5. The lowest BCUT2D eigenvalue weighted by atomic mass is 10.1. The molecule has 1 unspecified atom stereocenters. The molecule has 0 amide bonds. The van der Waals surface area contributed by atoms with Crippen molar-refractivity contribution in [2.75, 3.05) is 0 Å². The highest BCUT2D eigenvalue weighted by atomic mass is 16.5. The fourth-order valence-corrected chi connectivity index (χ4v) is 2.42. The maximum absolute atomic E-state index is 11.8. The molecule has 3 nitrogen and oxygen atoms in total. The van der Waals surface area contributed by atoms with Crippen LogP contribution in [0.5, 0.6) is 5.75 Å². The van der Waals surface area contributed by atoms with E-state index in [-0.39, 0.29) is 12.1 Å². The van der Waals surface area contributed by atoms with E-state index >= 15 is 0 Å². The molecule has 2 aromatic rings. The molecule has 0 N–H and O–H groups in total. The summed E-state index contributed by atoms with van der Waals surface area (Å²) in [6.07, 6.45) is 3.33. The number of carbonyl (C=O) groups excluding carboxylic acids is 1. The number of unbranched alkanes of at least 4 members (excludes halogenated alkanes) is 2. The Hall–Kier alpha value is -2.29. The minimum absolute atomic E-state index is 0.125. The molecule has 0 aliphatic rings. The lowest BCUT2D eigenvalue weighted by Crippen LogP contribution is -2.08. The first kappa shape index (κ1) is 18.1. The number of hydrogen-bond acceptors (Lipinski definition) is 3. The molecule has 0 aromatic heterocycles. The van der Waals surface area contributed by atoms with Crippen LogP contribution in [0.3, 0.4) is 0 Å². The Morgan fingerprint density at radius 2 is 1.71 bits per heavy atom. The third-order valence-corrected chi connectivity index (χ3v) is 3.89. The van der Waals surface area contributed by atoms with E-state index in [1.54, 1.807) is 0 Å². The Balaban J connectivity index is 1.81. The van der Waals surface area contributed by atoms with Crippen LogP contribution in [0.15, 0.2) is 54.6 Å². The molecule has 1 atom stereocenters. The van der Waals surface area contributed by atoms with Crippen LogP contribution in [-0.4, -0.2) is 5.97 Å². The average Bonchev–Trinajstić information content (AvgIpc) is 2.61. The average molecular weight is 326 g/mol. The second-order valence-corrected chi connectivity index (χ2v) is 5.93. The van der Waals surface area contributed by atoms with Gasteiger partial charge in [-0.1, -0.05) is 62.2 Å². The fraction of sp³-hybridized carbons (Fsp3) is 0.381. The number of ether oxygens (including phenoxy) is 2. The van der Waals surface area contributed by atoms with E-state index in [2.05, 4.69) is 6.92 Å². The smallest absolute Gasteiger partial charge is 0.306 e. The Morgan fingerprint density at radius 1 is 1.00 bits per heavy atom. The quantitative estimate of drug-likeness (QED) is 0.454. The molecule has 0 saturated heterocycles. The highest BCUT2D eigenvalue weighted by Gasteiger charge is 2.11. The zero-order valence-corrected chi connectivity index (χ0v) is 14.5. The van der Waals surface area contributed by atoms with Gasteiger partial charge in [0.25, 0.3) is 0 Å². The topological polar surface area (TPSA) is 35.5 Å². The monoisotopic (exact) mass is 326 g/mol. The Morgan fingerprint density at radius 3 is 2.38 bits per heavy atom. The molecular weight excluding hydrogens is 300 g/mol. The van der Waals surface area contributed by atoms with Crippen molar-refractivity contribution in [3.63, 3.8) is 0 Å². The van der Waals surface area contributed by atoms with Gasteiger partial charge in [0.15, 0.2) is 0 Å². The van der Waals surface area contributed by atoms with Gasteiger partial charge in [-0.05, 0) is 36.6 Å². The summed E-state index contributed by atoms with van der Waals surface area (Å²) in [5, 5.41) is 0. The minimum atomic E-state index is -0.234. The van der Waals surface area contributed by atoms with Crippen molar-refractivity contribution in [3.05, 3.63) is 65.7 Å². The predicted molar refractivity (Wildman–Crippen MR) is 95.9 cm³/mol. The maximum atomic E-state index is 11.8. The number of hydrogen-bond donors (Lipinski definition) is 0. The van der Waals surface area contributed by atoms with E-state index < -0.39 is 0 Å². The summed E-state index contributed by atoms with van der Waals surface area (Å²) in [5.74, 6) is 0.685. The molecule has 0 radical (unpaired) electrons. The largest absolute Gasteiger partial charge is 0.489 e. The molecule has 0 heterocycles. The number of esters is 1. The molecule has 0 saturated carbocycles. The number of rotatable bonds is 9. The van der Waals surface area contributed by atoms with Crippen molar-refractivity contribution in [3.8, 4) is 5.75 Å². The van der Waals surface area contributed by atoms with E-state index in [9.17, 15) is 4.79 Å². The first-order chi connectivity index (χ1) is 11.7. The third kappa shape index (κ3) is 6.07. The van der Waals surface area contributed by atoms with Crippen LogP contribution in [0.25, 0.3) is 0 Å². The summed E-state index contributed by atoms with van der Waals surface area (Å²) in [4.78, 5) is 11.8. The van der Waals surface area contributed by atoms with Crippen molar-refractivity contribution < 1.29 is 14.3 Å². The summed E-state index contributed by atoms with van der Waals surface area (Å²) in [6.45, 7) is 4.56. The summed E-state index contributed by atoms with van der Waals surface area (Å²) in [7, 11) is 0. The first-order valence-corrected chi connectivity index (χ1v) is 8.65. The van der Waals surface area contributed by atoms with Gasteiger partial charge in [0.05, 0.1) is 0 Å². The van der Waals surface area contributed by atoms with Crippen LogP contribution in [0.2, 0.25) is 0 Å². The summed E-state index contributed by atoms with van der Waals surface area (Å²) in [5.41, 5.74) is 2.11. The number of benzene rings is 2. The van der Waals surface area contributed by atoms with Gasteiger partial charge in [0, 0.05) is 6.42 Å². The van der Waals surface area contributed by atoms with E-state index in [1.807, 2.05) is 61.5 Å². The summed E-state index contributed by atoms with van der Waals surface area (Å²) >= 11 is 0. The van der Waals surface area contributed by atoms with Crippen molar-refractivity contribution in [2.24, 2.45) is 0 Å². The van der Waals surface area contributed by atoms with Gasteiger partial charge in [0.1, 0.15) is 18.5 Å². The van der Waals surface area contributed by atoms with Gasteiger partial charge >= 0.3 is 5.97 Å². The molecule has 0 aliphatic heterocycles. The van der Waals surface area contributed by atoms with Gasteiger partial charge < -0.3 is 9.47 Å². The van der Waals surface area contributed by atoms with Crippen LogP contribution in [-0.2, 0) is 16.1 Å². The first-order valence-electron chi connectivity index (χ1n) is 8.65. The van der Waals surface area contributed by atoms with Gasteiger partial charge in [-0.2, -0.15) is 0 Å². The van der Waals surface area contributed by atoms with Crippen LogP contribution >= 0.6 is 0 Å². The van der Waals surface area contributed by atoms with Crippen molar-refractivity contribution in [1.29, 1.82) is 0 Å². The SMILES string of the molecule is CCCCCC(=O)OC(C)c1ccc(OCc2ccccc2)cc1. The molecule has 2 aromatic carbocycles. The highest BCUT2D eigenvalue weighted by Crippen LogP contribution is 2.21.